The molecule has 6 nitrogen and oxygen atoms in total. The zero-order chi connectivity index (χ0) is 17.5. The molecule has 1 saturated heterocycles. The van der Waals surface area contributed by atoms with Gasteiger partial charge in [-0.15, -0.1) is 0 Å². The first-order valence-corrected chi connectivity index (χ1v) is 8.42. The third kappa shape index (κ3) is 5.46. The van der Waals surface area contributed by atoms with Crippen molar-refractivity contribution in [2.45, 2.75) is 12.8 Å². The van der Waals surface area contributed by atoms with Crippen LogP contribution < -0.4 is 10.1 Å². The molecule has 1 heterocycles. The highest BCUT2D eigenvalue weighted by atomic mass is 35.5. The Morgan fingerprint density at radius 3 is 2.62 bits per heavy atom. The molecule has 0 atom stereocenters. The lowest BCUT2D eigenvalue weighted by Gasteiger charge is -2.30. The van der Waals surface area contributed by atoms with Gasteiger partial charge in [0, 0.05) is 24.7 Å². The van der Waals surface area contributed by atoms with E-state index in [0.717, 1.165) is 12.8 Å². The molecule has 1 aliphatic heterocycles. The van der Waals surface area contributed by atoms with Crippen LogP contribution in [0.15, 0.2) is 18.2 Å². The Kier molecular flexibility index (Phi) is 6.99. The zero-order valence-corrected chi connectivity index (χ0v) is 14.9. The van der Waals surface area contributed by atoms with E-state index in [0.29, 0.717) is 41.3 Å². The Bertz CT molecular complexity index is 589. The van der Waals surface area contributed by atoms with Gasteiger partial charge in [-0.2, -0.15) is 0 Å². The quantitative estimate of drug-likeness (QED) is 0.859. The lowest BCUT2D eigenvalue weighted by molar-refractivity contribution is -0.123. The SMILES string of the molecule is COC(=O)N1CCC(CNC(=O)COc2ccc(Cl)cc2Cl)CC1. The summed E-state index contributed by atoms with van der Waals surface area (Å²) < 4.78 is 10.1. The topological polar surface area (TPSA) is 67.9 Å². The van der Waals surface area contributed by atoms with Gasteiger partial charge in [-0.25, -0.2) is 4.79 Å². The fraction of sp³-hybridized carbons (Fsp3) is 0.500. The molecule has 0 bridgehead atoms. The zero-order valence-electron chi connectivity index (χ0n) is 13.4. The number of methoxy groups -OCH3 is 1. The lowest BCUT2D eigenvalue weighted by atomic mass is 9.97. The molecule has 2 amide bonds. The van der Waals surface area contributed by atoms with Crippen molar-refractivity contribution in [3.8, 4) is 5.75 Å². The van der Waals surface area contributed by atoms with E-state index >= 15 is 0 Å². The van der Waals surface area contributed by atoms with Gasteiger partial charge in [0.05, 0.1) is 12.1 Å². The number of hydrogen-bond acceptors (Lipinski definition) is 4. The van der Waals surface area contributed by atoms with Crippen molar-refractivity contribution in [2.24, 2.45) is 5.92 Å². The Hall–Kier alpha value is -1.66. The van der Waals surface area contributed by atoms with Crippen LogP contribution in [0.1, 0.15) is 12.8 Å². The van der Waals surface area contributed by atoms with Crippen LogP contribution in [0.2, 0.25) is 10.0 Å². The first-order chi connectivity index (χ1) is 11.5. The Morgan fingerprint density at radius 2 is 2.00 bits per heavy atom. The van der Waals surface area contributed by atoms with E-state index in [2.05, 4.69) is 5.32 Å². The maximum atomic E-state index is 11.9. The van der Waals surface area contributed by atoms with Crippen LogP contribution in [0.4, 0.5) is 4.79 Å². The van der Waals surface area contributed by atoms with Crippen molar-refractivity contribution in [2.75, 3.05) is 33.4 Å². The molecule has 132 valence electrons. The molecule has 0 aliphatic carbocycles. The summed E-state index contributed by atoms with van der Waals surface area (Å²) >= 11 is 11.8. The van der Waals surface area contributed by atoms with Crippen LogP contribution >= 0.6 is 23.2 Å². The van der Waals surface area contributed by atoms with E-state index in [4.69, 9.17) is 32.7 Å². The second-order valence-electron chi connectivity index (χ2n) is 5.57. The van der Waals surface area contributed by atoms with Gasteiger partial charge in [0.2, 0.25) is 0 Å². The van der Waals surface area contributed by atoms with Gasteiger partial charge < -0.3 is 19.7 Å². The van der Waals surface area contributed by atoms with Crippen molar-refractivity contribution >= 4 is 35.2 Å². The number of ether oxygens (including phenoxy) is 2. The number of benzene rings is 1. The highest BCUT2D eigenvalue weighted by Crippen LogP contribution is 2.27. The summed E-state index contributed by atoms with van der Waals surface area (Å²) in [4.78, 5) is 24.9. The summed E-state index contributed by atoms with van der Waals surface area (Å²) in [6.45, 7) is 1.74. The van der Waals surface area contributed by atoms with Crippen LogP contribution in [-0.2, 0) is 9.53 Å². The maximum Gasteiger partial charge on any atom is 0.409 e. The standard InChI is InChI=1S/C16H20Cl2N2O4/c1-23-16(22)20-6-4-11(5-7-20)9-19-15(21)10-24-14-3-2-12(17)8-13(14)18/h2-3,8,11H,4-7,9-10H2,1H3,(H,19,21). The van der Waals surface area contributed by atoms with E-state index in [1.807, 2.05) is 0 Å². The van der Waals surface area contributed by atoms with Crippen LogP contribution in [0.5, 0.6) is 5.75 Å². The van der Waals surface area contributed by atoms with Crippen molar-refractivity contribution in [3.63, 3.8) is 0 Å². The molecule has 8 heteroatoms. The summed E-state index contributed by atoms with van der Waals surface area (Å²) in [6, 6.07) is 4.83. The second kappa shape index (κ2) is 8.99. The fourth-order valence-electron chi connectivity index (χ4n) is 2.49. The number of amides is 2. The molecule has 2 rings (SSSR count). The van der Waals surface area contributed by atoms with Gasteiger partial charge in [0.1, 0.15) is 5.75 Å². The summed E-state index contributed by atoms with van der Waals surface area (Å²) in [6.07, 6.45) is 1.36. The number of carbonyl (C=O) groups excluding carboxylic acids is 2. The average Bonchev–Trinajstić information content (AvgIpc) is 2.59. The minimum atomic E-state index is -0.300. The summed E-state index contributed by atoms with van der Waals surface area (Å²) in [5.41, 5.74) is 0. The molecule has 0 unspecified atom stereocenters. The van der Waals surface area contributed by atoms with Gasteiger partial charge in [-0.05, 0) is 37.0 Å². The monoisotopic (exact) mass is 374 g/mol. The van der Waals surface area contributed by atoms with Crippen molar-refractivity contribution in [3.05, 3.63) is 28.2 Å². The summed E-state index contributed by atoms with van der Waals surface area (Å²) in [5, 5.41) is 3.72. The van der Waals surface area contributed by atoms with Crippen LogP contribution in [0.3, 0.4) is 0 Å². The number of nitrogens with one attached hydrogen (secondary N) is 1. The van der Waals surface area contributed by atoms with Gasteiger partial charge in [-0.1, -0.05) is 23.2 Å². The third-order valence-corrected chi connectivity index (χ3v) is 4.42. The minimum absolute atomic E-state index is 0.109. The first kappa shape index (κ1) is 18.7. The van der Waals surface area contributed by atoms with E-state index in [1.165, 1.54) is 7.11 Å². The third-order valence-electron chi connectivity index (χ3n) is 3.89. The molecule has 1 aromatic carbocycles. The number of carbonyl (C=O) groups is 2. The van der Waals surface area contributed by atoms with E-state index < -0.39 is 0 Å². The van der Waals surface area contributed by atoms with E-state index in [1.54, 1.807) is 23.1 Å². The van der Waals surface area contributed by atoms with Gasteiger partial charge in [0.25, 0.3) is 5.91 Å². The normalized spacial score (nSPS) is 15.0. The first-order valence-electron chi connectivity index (χ1n) is 7.67. The number of nitrogens with zero attached hydrogens (tertiary/aromatic N) is 1. The highest BCUT2D eigenvalue weighted by molar-refractivity contribution is 6.35. The summed E-state index contributed by atoms with van der Waals surface area (Å²) in [7, 11) is 1.38. The van der Waals surface area contributed by atoms with Crippen LogP contribution in [0, 0.1) is 5.92 Å². The number of hydrogen-bond donors (Lipinski definition) is 1. The molecular weight excluding hydrogens is 355 g/mol. The van der Waals surface area contributed by atoms with Crippen LogP contribution in [-0.4, -0.2) is 50.3 Å². The van der Waals surface area contributed by atoms with Crippen molar-refractivity contribution < 1.29 is 19.1 Å². The molecule has 1 aromatic rings. The largest absolute Gasteiger partial charge is 0.482 e. The van der Waals surface area contributed by atoms with E-state index in [9.17, 15) is 9.59 Å². The molecule has 1 N–H and O–H groups in total. The van der Waals surface area contributed by atoms with Gasteiger partial charge >= 0.3 is 6.09 Å². The van der Waals surface area contributed by atoms with Crippen molar-refractivity contribution in [1.82, 2.24) is 10.2 Å². The Morgan fingerprint density at radius 1 is 1.29 bits per heavy atom. The fourth-order valence-corrected chi connectivity index (χ4v) is 2.96. The number of piperidine rings is 1. The predicted molar refractivity (Wildman–Crippen MR) is 91.7 cm³/mol. The molecule has 0 spiro atoms. The maximum absolute atomic E-state index is 11.9. The Balaban J connectivity index is 1.68. The molecule has 1 aliphatic rings. The smallest absolute Gasteiger partial charge is 0.409 e. The summed E-state index contributed by atoms with van der Waals surface area (Å²) in [5.74, 6) is 0.549. The highest BCUT2D eigenvalue weighted by Gasteiger charge is 2.23. The predicted octanol–water partition coefficient (Wildman–Crippen LogP) is 2.97. The number of halogens is 2. The van der Waals surface area contributed by atoms with Gasteiger partial charge in [-0.3, -0.25) is 4.79 Å². The molecule has 24 heavy (non-hydrogen) atoms. The number of likely N-dealkylation sites (tertiary alicyclic amines) is 1. The van der Waals surface area contributed by atoms with E-state index in [-0.39, 0.29) is 18.6 Å². The number of rotatable bonds is 5. The second-order valence-corrected chi connectivity index (χ2v) is 6.41. The Labute approximate surface area is 151 Å². The molecule has 1 fully saturated rings. The molecule has 0 aromatic heterocycles. The van der Waals surface area contributed by atoms with Gasteiger partial charge in [0.15, 0.2) is 6.61 Å². The van der Waals surface area contributed by atoms with Crippen LogP contribution in [0.25, 0.3) is 0 Å². The average molecular weight is 375 g/mol. The lowest BCUT2D eigenvalue weighted by Crippen LogP contribution is -2.42. The molecule has 0 saturated carbocycles. The van der Waals surface area contributed by atoms with Crippen molar-refractivity contribution in [1.29, 1.82) is 0 Å². The molecule has 0 radical (unpaired) electrons. The minimum Gasteiger partial charge on any atom is -0.482 e. The molecular formula is C16H20Cl2N2O4.